The molecule has 4 aromatic rings. The Morgan fingerprint density at radius 1 is 1.00 bits per heavy atom. The maximum Gasteiger partial charge on any atom is 0.288 e. The van der Waals surface area contributed by atoms with E-state index in [4.69, 9.17) is 13.6 Å². The van der Waals surface area contributed by atoms with Gasteiger partial charge in [-0.25, -0.2) is 0 Å². The van der Waals surface area contributed by atoms with E-state index in [0.29, 0.717) is 11.3 Å². The molecule has 0 aliphatic rings. The number of ether oxygens (including phenoxy) is 1. The summed E-state index contributed by atoms with van der Waals surface area (Å²) >= 11 is 0. The van der Waals surface area contributed by atoms with Crippen LogP contribution in [0.25, 0.3) is 11.0 Å². The number of carbonyl (C=O) groups excluding carboxylic acids is 1. The van der Waals surface area contributed by atoms with Gasteiger partial charge >= 0.3 is 0 Å². The Hall–Kier alpha value is -3.47. The number of benzene rings is 2. The number of hydrogen-bond acceptors (Lipinski definition) is 4. The summed E-state index contributed by atoms with van der Waals surface area (Å²) < 4.78 is 17.4. The van der Waals surface area contributed by atoms with Crippen molar-refractivity contribution >= 4 is 16.9 Å². The van der Waals surface area contributed by atoms with Crippen LogP contribution in [0.4, 0.5) is 0 Å². The van der Waals surface area contributed by atoms with E-state index in [-0.39, 0.29) is 24.3 Å². The minimum atomic E-state index is -0.301. The molecule has 0 fully saturated rings. The Bertz CT molecular complexity index is 1090. The SMILES string of the molecule is Cc1ccc(C(C)NC(=O)c2oc3ccccc3c2COc2ccccc2)o1. The number of fused-ring (bicyclic) bond motifs is 1. The minimum Gasteiger partial charge on any atom is -0.489 e. The molecule has 0 aliphatic carbocycles. The zero-order valence-electron chi connectivity index (χ0n) is 15.8. The lowest BCUT2D eigenvalue weighted by atomic mass is 10.1. The molecule has 0 aliphatic heterocycles. The topological polar surface area (TPSA) is 64.6 Å². The second-order valence-electron chi connectivity index (χ2n) is 6.65. The Kier molecular flexibility index (Phi) is 4.89. The molecular weight excluding hydrogens is 354 g/mol. The summed E-state index contributed by atoms with van der Waals surface area (Å²) in [6.45, 7) is 3.98. The largest absolute Gasteiger partial charge is 0.489 e. The minimum absolute atomic E-state index is 0.234. The summed E-state index contributed by atoms with van der Waals surface area (Å²) in [5, 5.41) is 3.81. The highest BCUT2D eigenvalue weighted by molar-refractivity contribution is 5.99. The van der Waals surface area contributed by atoms with Crippen LogP contribution >= 0.6 is 0 Å². The van der Waals surface area contributed by atoms with Crippen LogP contribution < -0.4 is 10.1 Å². The number of furan rings is 2. The molecular formula is C23H21NO4. The number of amides is 1. The Balaban J connectivity index is 1.61. The number of hydrogen-bond donors (Lipinski definition) is 1. The molecule has 2 heterocycles. The molecule has 2 aromatic heterocycles. The van der Waals surface area contributed by atoms with Gasteiger partial charge in [-0.3, -0.25) is 4.79 Å². The van der Waals surface area contributed by atoms with Gasteiger partial charge in [0.15, 0.2) is 5.76 Å². The quantitative estimate of drug-likeness (QED) is 0.490. The summed E-state index contributed by atoms with van der Waals surface area (Å²) in [4.78, 5) is 12.9. The van der Waals surface area contributed by atoms with Crippen molar-refractivity contribution in [3.05, 3.63) is 89.6 Å². The molecule has 5 heteroatoms. The molecule has 0 saturated heterocycles. The third kappa shape index (κ3) is 3.64. The fraction of sp³-hybridized carbons (Fsp3) is 0.174. The first-order valence-electron chi connectivity index (χ1n) is 9.17. The highest BCUT2D eigenvalue weighted by Crippen LogP contribution is 2.28. The van der Waals surface area contributed by atoms with Crippen LogP contribution in [0.3, 0.4) is 0 Å². The van der Waals surface area contributed by atoms with Crippen molar-refractivity contribution in [2.24, 2.45) is 0 Å². The molecule has 0 saturated carbocycles. The lowest BCUT2D eigenvalue weighted by molar-refractivity contribution is 0.0905. The number of nitrogens with one attached hydrogen (secondary N) is 1. The molecule has 0 radical (unpaired) electrons. The molecule has 1 atom stereocenters. The average Bonchev–Trinajstić information content (AvgIpc) is 3.31. The van der Waals surface area contributed by atoms with Gasteiger partial charge in [0.05, 0.1) is 6.04 Å². The Labute approximate surface area is 162 Å². The molecule has 142 valence electrons. The molecule has 4 rings (SSSR count). The van der Waals surface area contributed by atoms with E-state index in [1.165, 1.54) is 0 Å². The van der Waals surface area contributed by atoms with Gasteiger partial charge in [0.25, 0.3) is 5.91 Å². The van der Waals surface area contributed by atoms with Crippen LogP contribution in [-0.2, 0) is 6.61 Å². The number of aryl methyl sites for hydroxylation is 1. The zero-order valence-corrected chi connectivity index (χ0v) is 15.8. The maximum atomic E-state index is 12.9. The lowest BCUT2D eigenvalue weighted by Gasteiger charge is -2.11. The Morgan fingerprint density at radius 2 is 1.75 bits per heavy atom. The van der Waals surface area contributed by atoms with E-state index >= 15 is 0 Å². The summed E-state index contributed by atoms with van der Waals surface area (Å²) in [6, 6.07) is 20.5. The molecule has 2 aromatic carbocycles. The molecule has 1 amide bonds. The van der Waals surface area contributed by atoms with Crippen molar-refractivity contribution in [3.63, 3.8) is 0 Å². The van der Waals surface area contributed by atoms with Crippen LogP contribution in [0, 0.1) is 6.92 Å². The normalized spacial score (nSPS) is 12.1. The molecule has 1 N–H and O–H groups in total. The van der Waals surface area contributed by atoms with E-state index < -0.39 is 0 Å². The number of rotatable bonds is 6. The van der Waals surface area contributed by atoms with Gasteiger partial charge in [-0.15, -0.1) is 0 Å². The van der Waals surface area contributed by atoms with Crippen molar-refractivity contribution in [2.45, 2.75) is 26.5 Å². The van der Waals surface area contributed by atoms with E-state index in [1.54, 1.807) is 0 Å². The van der Waals surface area contributed by atoms with Gasteiger partial charge in [-0.05, 0) is 44.2 Å². The smallest absolute Gasteiger partial charge is 0.288 e. The first kappa shape index (κ1) is 17.9. The third-order valence-corrected chi connectivity index (χ3v) is 4.57. The molecule has 0 spiro atoms. The van der Waals surface area contributed by atoms with E-state index in [0.717, 1.165) is 22.5 Å². The van der Waals surface area contributed by atoms with Crippen LogP contribution in [0.2, 0.25) is 0 Å². The highest BCUT2D eigenvalue weighted by Gasteiger charge is 2.23. The lowest BCUT2D eigenvalue weighted by Crippen LogP contribution is -2.27. The van der Waals surface area contributed by atoms with Crippen LogP contribution in [0.1, 0.15) is 40.6 Å². The van der Waals surface area contributed by atoms with Gasteiger partial charge < -0.3 is 18.9 Å². The first-order chi connectivity index (χ1) is 13.6. The monoisotopic (exact) mass is 375 g/mol. The first-order valence-corrected chi connectivity index (χ1v) is 9.17. The predicted molar refractivity (Wildman–Crippen MR) is 106 cm³/mol. The van der Waals surface area contributed by atoms with Crippen molar-refractivity contribution in [3.8, 4) is 5.75 Å². The molecule has 1 unspecified atom stereocenters. The fourth-order valence-corrected chi connectivity index (χ4v) is 3.12. The second kappa shape index (κ2) is 7.64. The van der Waals surface area contributed by atoms with Crippen LogP contribution in [0.5, 0.6) is 5.75 Å². The van der Waals surface area contributed by atoms with Gasteiger partial charge in [0, 0.05) is 10.9 Å². The average molecular weight is 375 g/mol. The fourth-order valence-electron chi connectivity index (χ4n) is 3.12. The van der Waals surface area contributed by atoms with Crippen molar-refractivity contribution in [1.29, 1.82) is 0 Å². The maximum absolute atomic E-state index is 12.9. The van der Waals surface area contributed by atoms with Crippen LogP contribution in [-0.4, -0.2) is 5.91 Å². The predicted octanol–water partition coefficient (Wildman–Crippen LogP) is 5.40. The highest BCUT2D eigenvalue weighted by atomic mass is 16.5. The molecule has 0 bridgehead atoms. The second-order valence-corrected chi connectivity index (χ2v) is 6.65. The van der Waals surface area contributed by atoms with Crippen LogP contribution in [0.15, 0.2) is 75.6 Å². The molecule has 5 nitrogen and oxygen atoms in total. The van der Waals surface area contributed by atoms with Crippen molar-refractivity contribution < 1.29 is 18.4 Å². The van der Waals surface area contributed by atoms with Crippen molar-refractivity contribution in [2.75, 3.05) is 0 Å². The van der Waals surface area contributed by atoms with Crippen molar-refractivity contribution in [1.82, 2.24) is 5.32 Å². The number of para-hydroxylation sites is 2. The van der Waals surface area contributed by atoms with Gasteiger partial charge in [-0.1, -0.05) is 36.4 Å². The summed E-state index contributed by atoms with van der Waals surface area (Å²) in [6.07, 6.45) is 0. The Morgan fingerprint density at radius 3 is 2.50 bits per heavy atom. The van der Waals surface area contributed by atoms with E-state index in [1.807, 2.05) is 80.6 Å². The van der Waals surface area contributed by atoms with Gasteiger partial charge in [0.1, 0.15) is 29.5 Å². The summed E-state index contributed by atoms with van der Waals surface area (Å²) in [5.41, 5.74) is 1.38. The standard InChI is InChI=1S/C23H21NO4/c1-15-12-13-20(27-15)16(2)24-23(25)22-19(14-26-17-8-4-3-5-9-17)18-10-6-7-11-21(18)28-22/h3-13,16H,14H2,1-2H3,(H,24,25). The molecule has 28 heavy (non-hydrogen) atoms. The summed E-state index contributed by atoms with van der Waals surface area (Å²) in [5.74, 6) is 2.19. The van der Waals surface area contributed by atoms with E-state index in [9.17, 15) is 4.79 Å². The zero-order chi connectivity index (χ0) is 19.5. The summed E-state index contributed by atoms with van der Waals surface area (Å²) in [7, 11) is 0. The van der Waals surface area contributed by atoms with E-state index in [2.05, 4.69) is 5.32 Å². The van der Waals surface area contributed by atoms with Gasteiger partial charge in [-0.2, -0.15) is 0 Å². The number of carbonyl (C=O) groups is 1. The van der Waals surface area contributed by atoms with Gasteiger partial charge in [0.2, 0.25) is 0 Å². The third-order valence-electron chi connectivity index (χ3n) is 4.57.